The standard InChI is InChI=1S/C13H28N2O/c1-4-12(14-2)7-5-9-15(3)11-13-8-6-10-16-13/h12-14H,4-11H2,1-3H3. The molecule has 3 heteroatoms. The molecule has 16 heavy (non-hydrogen) atoms. The van der Waals surface area contributed by atoms with Crippen molar-refractivity contribution in [1.29, 1.82) is 0 Å². The second kappa shape index (κ2) is 8.04. The van der Waals surface area contributed by atoms with Crippen LogP contribution in [-0.4, -0.2) is 50.8 Å². The summed E-state index contributed by atoms with van der Waals surface area (Å²) in [6, 6.07) is 0.691. The fraction of sp³-hybridized carbons (Fsp3) is 1.00. The number of ether oxygens (including phenoxy) is 1. The Labute approximate surface area is 101 Å². The third-order valence-electron chi connectivity index (χ3n) is 3.53. The SMILES string of the molecule is CCC(CCCN(C)CC1CCCO1)NC. The zero-order valence-corrected chi connectivity index (χ0v) is 11.2. The van der Waals surface area contributed by atoms with E-state index in [-0.39, 0.29) is 0 Å². The van der Waals surface area contributed by atoms with Crippen molar-refractivity contribution >= 4 is 0 Å². The molecule has 0 bridgehead atoms. The maximum Gasteiger partial charge on any atom is 0.0702 e. The molecule has 1 N–H and O–H groups in total. The first kappa shape index (κ1) is 13.9. The molecule has 2 atom stereocenters. The van der Waals surface area contributed by atoms with Gasteiger partial charge in [-0.25, -0.2) is 0 Å². The van der Waals surface area contributed by atoms with Crippen molar-refractivity contribution < 1.29 is 4.74 Å². The van der Waals surface area contributed by atoms with Gasteiger partial charge in [0.25, 0.3) is 0 Å². The summed E-state index contributed by atoms with van der Waals surface area (Å²) in [4.78, 5) is 2.42. The number of hydrogen-bond donors (Lipinski definition) is 1. The summed E-state index contributed by atoms with van der Waals surface area (Å²) in [5.74, 6) is 0. The van der Waals surface area contributed by atoms with Gasteiger partial charge in [-0.3, -0.25) is 0 Å². The fourth-order valence-corrected chi connectivity index (χ4v) is 2.39. The lowest BCUT2D eigenvalue weighted by molar-refractivity contribution is 0.0806. The van der Waals surface area contributed by atoms with E-state index >= 15 is 0 Å². The molecule has 3 nitrogen and oxygen atoms in total. The van der Waals surface area contributed by atoms with Crippen LogP contribution in [0.2, 0.25) is 0 Å². The van der Waals surface area contributed by atoms with E-state index in [0.717, 1.165) is 13.2 Å². The zero-order chi connectivity index (χ0) is 11.8. The molecular formula is C13H28N2O. The largest absolute Gasteiger partial charge is 0.377 e. The van der Waals surface area contributed by atoms with Crippen molar-refractivity contribution in [3.63, 3.8) is 0 Å². The minimum Gasteiger partial charge on any atom is -0.377 e. The van der Waals surface area contributed by atoms with Gasteiger partial charge in [-0.15, -0.1) is 0 Å². The number of hydrogen-bond acceptors (Lipinski definition) is 3. The highest BCUT2D eigenvalue weighted by atomic mass is 16.5. The Bertz CT molecular complexity index is 165. The summed E-state index contributed by atoms with van der Waals surface area (Å²) < 4.78 is 5.64. The summed E-state index contributed by atoms with van der Waals surface area (Å²) in [5, 5.41) is 3.36. The zero-order valence-electron chi connectivity index (χ0n) is 11.2. The normalized spacial score (nSPS) is 22.9. The van der Waals surface area contributed by atoms with Crippen molar-refractivity contribution in [2.45, 2.75) is 51.2 Å². The maximum absolute atomic E-state index is 5.64. The molecule has 0 radical (unpaired) electrons. The number of rotatable bonds is 8. The minimum atomic E-state index is 0.497. The predicted molar refractivity (Wildman–Crippen MR) is 68.8 cm³/mol. The summed E-state index contributed by atoms with van der Waals surface area (Å²) in [6.07, 6.45) is 6.78. The molecule has 2 unspecified atom stereocenters. The summed E-state index contributed by atoms with van der Waals surface area (Å²) in [7, 11) is 4.27. The third-order valence-corrected chi connectivity index (χ3v) is 3.53. The molecule has 1 fully saturated rings. The van der Waals surface area contributed by atoms with Gasteiger partial charge < -0.3 is 15.0 Å². The highest BCUT2D eigenvalue weighted by Crippen LogP contribution is 2.13. The molecule has 1 aliphatic rings. The molecule has 0 spiro atoms. The van der Waals surface area contributed by atoms with Crippen LogP contribution >= 0.6 is 0 Å². The molecular weight excluding hydrogens is 200 g/mol. The molecule has 0 amide bonds. The van der Waals surface area contributed by atoms with Crippen molar-refractivity contribution in [1.82, 2.24) is 10.2 Å². The molecule has 0 aromatic carbocycles. The van der Waals surface area contributed by atoms with Crippen LogP contribution in [0, 0.1) is 0 Å². The van der Waals surface area contributed by atoms with Gasteiger partial charge >= 0.3 is 0 Å². The Balaban J connectivity index is 2.02. The van der Waals surface area contributed by atoms with Crippen molar-refractivity contribution in [2.75, 3.05) is 33.8 Å². The lowest BCUT2D eigenvalue weighted by Crippen LogP contribution is -2.31. The smallest absolute Gasteiger partial charge is 0.0702 e. The van der Waals surface area contributed by atoms with Gasteiger partial charge in [0, 0.05) is 19.2 Å². The lowest BCUT2D eigenvalue weighted by Gasteiger charge is -2.21. The molecule has 0 saturated carbocycles. The Hall–Kier alpha value is -0.120. The van der Waals surface area contributed by atoms with Gasteiger partial charge in [0.15, 0.2) is 0 Å². The molecule has 96 valence electrons. The monoisotopic (exact) mass is 228 g/mol. The van der Waals surface area contributed by atoms with Gasteiger partial charge in [-0.2, -0.15) is 0 Å². The van der Waals surface area contributed by atoms with Gasteiger partial charge in [-0.05, 0) is 52.7 Å². The van der Waals surface area contributed by atoms with Crippen LogP contribution < -0.4 is 5.32 Å². The van der Waals surface area contributed by atoms with E-state index in [1.54, 1.807) is 0 Å². The van der Waals surface area contributed by atoms with Crippen molar-refractivity contribution in [3.05, 3.63) is 0 Å². The van der Waals surface area contributed by atoms with Gasteiger partial charge in [0.2, 0.25) is 0 Å². The predicted octanol–water partition coefficient (Wildman–Crippen LogP) is 1.88. The molecule has 1 saturated heterocycles. The molecule has 0 aromatic heterocycles. The first-order valence-electron chi connectivity index (χ1n) is 6.73. The van der Waals surface area contributed by atoms with Gasteiger partial charge in [0.1, 0.15) is 0 Å². The van der Waals surface area contributed by atoms with Crippen LogP contribution in [0.5, 0.6) is 0 Å². The minimum absolute atomic E-state index is 0.497. The molecule has 0 aromatic rings. The highest BCUT2D eigenvalue weighted by molar-refractivity contribution is 4.69. The Morgan fingerprint density at radius 3 is 2.88 bits per heavy atom. The first-order chi connectivity index (χ1) is 7.76. The first-order valence-corrected chi connectivity index (χ1v) is 6.73. The Morgan fingerprint density at radius 2 is 2.31 bits per heavy atom. The molecule has 1 rings (SSSR count). The maximum atomic E-state index is 5.64. The van der Waals surface area contributed by atoms with Crippen LogP contribution in [0.3, 0.4) is 0 Å². The van der Waals surface area contributed by atoms with E-state index in [4.69, 9.17) is 4.74 Å². The van der Waals surface area contributed by atoms with E-state index in [0.29, 0.717) is 12.1 Å². The van der Waals surface area contributed by atoms with Crippen LogP contribution in [0.4, 0.5) is 0 Å². The topological polar surface area (TPSA) is 24.5 Å². The van der Waals surface area contributed by atoms with Crippen molar-refractivity contribution in [3.8, 4) is 0 Å². The average Bonchev–Trinajstić information content (AvgIpc) is 2.77. The number of nitrogens with one attached hydrogen (secondary N) is 1. The quantitative estimate of drug-likeness (QED) is 0.686. The van der Waals surface area contributed by atoms with E-state index in [2.05, 4.69) is 31.2 Å². The van der Waals surface area contributed by atoms with Gasteiger partial charge in [0.05, 0.1) is 6.10 Å². The second-order valence-electron chi connectivity index (χ2n) is 4.93. The third kappa shape index (κ3) is 5.28. The fourth-order valence-electron chi connectivity index (χ4n) is 2.39. The summed E-state index contributed by atoms with van der Waals surface area (Å²) >= 11 is 0. The molecule has 1 heterocycles. The Kier molecular flexibility index (Phi) is 7.01. The number of nitrogens with zero attached hydrogens (tertiary/aromatic N) is 1. The van der Waals surface area contributed by atoms with E-state index in [1.165, 1.54) is 38.6 Å². The summed E-state index contributed by atoms with van der Waals surface area (Å²) in [6.45, 7) is 5.52. The molecule has 0 aliphatic carbocycles. The Morgan fingerprint density at radius 1 is 1.50 bits per heavy atom. The van der Waals surface area contributed by atoms with E-state index < -0.39 is 0 Å². The van der Waals surface area contributed by atoms with E-state index in [9.17, 15) is 0 Å². The van der Waals surface area contributed by atoms with Crippen LogP contribution in [-0.2, 0) is 4.74 Å². The average molecular weight is 228 g/mol. The lowest BCUT2D eigenvalue weighted by atomic mass is 10.1. The van der Waals surface area contributed by atoms with Crippen LogP contribution in [0.15, 0.2) is 0 Å². The van der Waals surface area contributed by atoms with Crippen molar-refractivity contribution in [2.24, 2.45) is 0 Å². The number of likely N-dealkylation sites (N-methyl/N-ethyl adjacent to an activating group) is 1. The highest BCUT2D eigenvalue weighted by Gasteiger charge is 2.17. The van der Waals surface area contributed by atoms with Gasteiger partial charge in [-0.1, -0.05) is 6.92 Å². The van der Waals surface area contributed by atoms with Crippen LogP contribution in [0.1, 0.15) is 39.0 Å². The molecule has 1 aliphatic heterocycles. The van der Waals surface area contributed by atoms with Crippen LogP contribution in [0.25, 0.3) is 0 Å². The summed E-state index contributed by atoms with van der Waals surface area (Å²) in [5.41, 5.74) is 0. The second-order valence-corrected chi connectivity index (χ2v) is 4.93. The van der Waals surface area contributed by atoms with E-state index in [1.807, 2.05) is 0 Å².